The lowest BCUT2D eigenvalue weighted by Crippen LogP contribution is -1.95. The molecule has 0 N–H and O–H groups in total. The summed E-state index contributed by atoms with van der Waals surface area (Å²) in [6, 6.07) is 17.7. The highest BCUT2D eigenvalue weighted by Crippen LogP contribution is 2.19. The van der Waals surface area contributed by atoms with Crippen molar-refractivity contribution in [2.45, 2.75) is 6.61 Å². The van der Waals surface area contributed by atoms with Gasteiger partial charge in [-0.2, -0.15) is 4.37 Å². The van der Waals surface area contributed by atoms with Crippen molar-refractivity contribution < 1.29 is 4.74 Å². The van der Waals surface area contributed by atoms with Crippen LogP contribution in [0.3, 0.4) is 0 Å². The standard InChI is InChI=1S/C15H11ClN2OS2/c16-14-15(20-21-18-14)17-12-6-8-13(9-7-12)19-10-11-4-2-1-3-5-11/h1-9H,10H2. The molecule has 0 bridgehead atoms. The first-order valence-corrected chi connectivity index (χ1v) is 8.73. The zero-order valence-corrected chi connectivity index (χ0v) is 13.3. The molecular formula is C15H11ClN2OS2. The molecule has 0 radical (unpaired) electrons. The summed E-state index contributed by atoms with van der Waals surface area (Å²) in [5.41, 5.74) is 1.98. The van der Waals surface area contributed by atoms with Crippen LogP contribution >= 0.6 is 32.5 Å². The summed E-state index contributed by atoms with van der Waals surface area (Å²) in [7, 11) is 2.79. The lowest BCUT2D eigenvalue weighted by molar-refractivity contribution is 0.306. The van der Waals surface area contributed by atoms with Gasteiger partial charge in [0.1, 0.15) is 12.4 Å². The van der Waals surface area contributed by atoms with Gasteiger partial charge in [0.15, 0.2) is 9.82 Å². The Bertz CT molecular complexity index is 766. The highest BCUT2D eigenvalue weighted by molar-refractivity contribution is 7.66. The summed E-state index contributed by atoms with van der Waals surface area (Å²) >= 11 is 5.93. The molecule has 0 saturated heterocycles. The molecule has 3 rings (SSSR count). The molecule has 0 saturated carbocycles. The average molecular weight is 335 g/mol. The summed E-state index contributed by atoms with van der Waals surface area (Å²) in [5, 5.41) is 0.453. The molecule has 0 aliphatic heterocycles. The molecule has 0 aliphatic rings. The smallest absolute Gasteiger partial charge is 0.179 e. The van der Waals surface area contributed by atoms with Gasteiger partial charge in [-0.15, -0.1) is 0 Å². The second-order valence-electron chi connectivity index (χ2n) is 4.23. The fourth-order valence-corrected chi connectivity index (χ4v) is 3.69. The van der Waals surface area contributed by atoms with Crippen molar-refractivity contribution in [1.82, 2.24) is 4.37 Å². The van der Waals surface area contributed by atoms with Crippen molar-refractivity contribution in [1.29, 1.82) is 0 Å². The Morgan fingerprint density at radius 3 is 2.48 bits per heavy atom. The molecular weight excluding hydrogens is 324 g/mol. The third-order valence-electron chi connectivity index (χ3n) is 2.73. The van der Waals surface area contributed by atoms with Gasteiger partial charge in [0.05, 0.1) is 5.69 Å². The van der Waals surface area contributed by atoms with Gasteiger partial charge in [-0.05, 0) is 40.2 Å². The van der Waals surface area contributed by atoms with Gasteiger partial charge in [0.25, 0.3) is 0 Å². The minimum Gasteiger partial charge on any atom is -0.489 e. The van der Waals surface area contributed by atoms with Crippen molar-refractivity contribution >= 4 is 38.2 Å². The first-order valence-electron chi connectivity index (χ1n) is 6.24. The molecule has 2 aromatic carbocycles. The SMILES string of the molecule is Clc1nssc1=Nc1ccc(OCc2ccccc2)cc1. The first kappa shape index (κ1) is 14.3. The summed E-state index contributed by atoms with van der Waals surface area (Å²) in [6.07, 6.45) is 0. The van der Waals surface area contributed by atoms with Crippen molar-refractivity contribution in [3.63, 3.8) is 0 Å². The van der Waals surface area contributed by atoms with Crippen LogP contribution in [0.4, 0.5) is 5.69 Å². The lowest BCUT2D eigenvalue weighted by atomic mass is 10.2. The van der Waals surface area contributed by atoms with E-state index in [9.17, 15) is 0 Å². The number of rotatable bonds is 4. The van der Waals surface area contributed by atoms with E-state index < -0.39 is 0 Å². The Kier molecular flexibility index (Phi) is 4.65. The molecule has 6 heteroatoms. The summed E-state index contributed by atoms with van der Waals surface area (Å²) in [5.74, 6) is 0.816. The van der Waals surface area contributed by atoms with Gasteiger partial charge < -0.3 is 4.74 Å². The largest absolute Gasteiger partial charge is 0.489 e. The van der Waals surface area contributed by atoms with E-state index in [4.69, 9.17) is 16.3 Å². The summed E-state index contributed by atoms with van der Waals surface area (Å²) < 4.78 is 10.5. The highest BCUT2D eigenvalue weighted by atomic mass is 35.5. The van der Waals surface area contributed by atoms with Crippen molar-refractivity contribution in [2.24, 2.45) is 4.99 Å². The molecule has 3 aromatic rings. The third-order valence-corrected chi connectivity index (χ3v) is 4.90. The van der Waals surface area contributed by atoms with Crippen LogP contribution in [0.5, 0.6) is 5.75 Å². The van der Waals surface area contributed by atoms with Gasteiger partial charge in [0.2, 0.25) is 0 Å². The maximum atomic E-state index is 5.93. The predicted molar refractivity (Wildman–Crippen MR) is 87.4 cm³/mol. The average Bonchev–Trinajstić information content (AvgIpc) is 2.93. The Hall–Kier alpha value is -1.69. The Morgan fingerprint density at radius 1 is 1.05 bits per heavy atom. The minimum atomic E-state index is 0.453. The minimum absolute atomic E-state index is 0.453. The van der Waals surface area contributed by atoms with E-state index in [0.29, 0.717) is 11.8 Å². The Labute approximate surface area is 134 Å². The molecule has 0 spiro atoms. The van der Waals surface area contributed by atoms with E-state index in [-0.39, 0.29) is 0 Å². The van der Waals surface area contributed by atoms with Gasteiger partial charge >= 0.3 is 0 Å². The van der Waals surface area contributed by atoms with Crippen LogP contribution < -0.4 is 9.41 Å². The number of ether oxygens (including phenoxy) is 1. The Balaban J connectivity index is 1.69. The molecule has 3 nitrogen and oxygen atoms in total. The predicted octanol–water partition coefficient (Wildman–Crippen LogP) is 4.67. The zero-order valence-electron chi connectivity index (χ0n) is 10.9. The maximum Gasteiger partial charge on any atom is 0.179 e. The monoisotopic (exact) mass is 334 g/mol. The fraction of sp³-hybridized carbons (Fsp3) is 0.0667. The van der Waals surface area contributed by atoms with Crippen LogP contribution in [-0.4, -0.2) is 4.37 Å². The van der Waals surface area contributed by atoms with E-state index >= 15 is 0 Å². The van der Waals surface area contributed by atoms with Crippen molar-refractivity contribution in [2.75, 3.05) is 0 Å². The van der Waals surface area contributed by atoms with E-state index in [0.717, 1.165) is 21.7 Å². The van der Waals surface area contributed by atoms with Crippen LogP contribution in [-0.2, 0) is 6.61 Å². The van der Waals surface area contributed by atoms with Crippen molar-refractivity contribution in [3.05, 3.63) is 70.0 Å². The molecule has 1 aromatic heterocycles. The molecule has 0 aliphatic carbocycles. The van der Waals surface area contributed by atoms with E-state index in [1.54, 1.807) is 0 Å². The van der Waals surface area contributed by atoms with Crippen LogP contribution in [0, 0.1) is 0 Å². The topological polar surface area (TPSA) is 34.5 Å². The van der Waals surface area contributed by atoms with Gasteiger partial charge in [-0.25, -0.2) is 4.99 Å². The van der Waals surface area contributed by atoms with Crippen LogP contribution in [0.1, 0.15) is 5.56 Å². The highest BCUT2D eigenvalue weighted by Gasteiger charge is 1.99. The zero-order chi connectivity index (χ0) is 14.5. The quantitative estimate of drug-likeness (QED) is 0.650. The summed E-state index contributed by atoms with van der Waals surface area (Å²) in [4.78, 5) is 4.44. The van der Waals surface area contributed by atoms with Crippen molar-refractivity contribution in [3.8, 4) is 5.75 Å². The molecule has 0 fully saturated rings. The molecule has 106 valence electrons. The van der Waals surface area contributed by atoms with Crippen LogP contribution in [0.2, 0.25) is 5.15 Å². The molecule has 1 heterocycles. The summed E-state index contributed by atoms with van der Waals surface area (Å²) in [6.45, 7) is 0.555. The maximum absolute atomic E-state index is 5.93. The number of nitrogens with zero attached hydrogens (tertiary/aromatic N) is 2. The number of benzene rings is 2. The fourth-order valence-electron chi connectivity index (χ4n) is 1.70. The number of halogens is 1. The van der Waals surface area contributed by atoms with E-state index in [1.165, 1.54) is 20.9 Å². The normalized spacial score (nSPS) is 11.6. The van der Waals surface area contributed by atoms with E-state index in [1.807, 2.05) is 54.6 Å². The van der Waals surface area contributed by atoms with Gasteiger partial charge in [0, 0.05) is 10.5 Å². The molecule has 21 heavy (non-hydrogen) atoms. The van der Waals surface area contributed by atoms with Gasteiger partial charge in [-0.1, -0.05) is 41.9 Å². The van der Waals surface area contributed by atoms with Crippen LogP contribution in [0.25, 0.3) is 0 Å². The molecule has 0 atom stereocenters. The lowest BCUT2D eigenvalue weighted by Gasteiger charge is -2.06. The van der Waals surface area contributed by atoms with Gasteiger partial charge in [-0.3, -0.25) is 0 Å². The second kappa shape index (κ2) is 6.85. The number of aromatic nitrogens is 1. The number of hydrogen-bond acceptors (Lipinski definition) is 5. The van der Waals surface area contributed by atoms with Crippen LogP contribution in [0.15, 0.2) is 59.6 Å². The Morgan fingerprint density at radius 2 is 1.81 bits per heavy atom. The molecule has 0 unspecified atom stereocenters. The first-order chi connectivity index (χ1) is 10.3. The third kappa shape index (κ3) is 3.91. The number of hydrogen-bond donors (Lipinski definition) is 0. The van der Waals surface area contributed by atoms with E-state index in [2.05, 4.69) is 9.37 Å². The second-order valence-corrected chi connectivity index (χ2v) is 6.42. The molecule has 0 amide bonds.